The molecule has 2 aromatic rings. The number of hydrogen-bond donors (Lipinski definition) is 1. The van der Waals surface area contributed by atoms with Gasteiger partial charge in [0.15, 0.2) is 0 Å². The summed E-state index contributed by atoms with van der Waals surface area (Å²) in [6.07, 6.45) is -2.79. The fourth-order valence-corrected chi connectivity index (χ4v) is 2.62. The molecule has 21 heavy (non-hydrogen) atoms. The van der Waals surface area contributed by atoms with E-state index < -0.39 is 11.7 Å². The number of benzene rings is 2. The fourth-order valence-electron chi connectivity index (χ4n) is 2.62. The van der Waals surface area contributed by atoms with E-state index in [4.69, 9.17) is 0 Å². The first-order chi connectivity index (χ1) is 9.93. The molecule has 1 nitrogen and oxygen atoms in total. The van der Waals surface area contributed by atoms with Crippen LogP contribution in [0.1, 0.15) is 29.2 Å². The van der Waals surface area contributed by atoms with Gasteiger partial charge >= 0.3 is 6.18 Å². The van der Waals surface area contributed by atoms with Crippen LogP contribution in [-0.4, -0.2) is 0 Å². The maximum atomic E-state index is 13.2. The smallest absolute Gasteiger partial charge is 0.378 e. The van der Waals surface area contributed by atoms with E-state index >= 15 is 0 Å². The summed E-state index contributed by atoms with van der Waals surface area (Å²) >= 11 is 0. The van der Waals surface area contributed by atoms with Gasteiger partial charge in [-0.2, -0.15) is 13.2 Å². The lowest BCUT2D eigenvalue weighted by molar-refractivity contribution is -0.137. The summed E-state index contributed by atoms with van der Waals surface area (Å²) in [5.41, 5.74) is 1.86. The third-order valence-corrected chi connectivity index (χ3v) is 3.74. The van der Waals surface area contributed by atoms with Crippen LogP contribution in [0.5, 0.6) is 0 Å². The van der Waals surface area contributed by atoms with Crippen LogP contribution in [0.4, 0.5) is 23.2 Å². The second-order valence-corrected chi connectivity index (χ2v) is 5.16. The number of rotatable bonds is 1. The number of aryl methyl sites for hydroxylation is 1. The molecule has 1 unspecified atom stereocenters. The summed E-state index contributed by atoms with van der Waals surface area (Å²) in [7, 11) is 0. The Labute approximate surface area is 119 Å². The zero-order valence-corrected chi connectivity index (χ0v) is 11.0. The molecule has 1 heterocycles. The molecule has 3 rings (SSSR count). The average Bonchev–Trinajstić information content (AvgIpc) is 2.45. The highest BCUT2D eigenvalue weighted by Gasteiger charge is 2.30. The number of hydrogen-bond acceptors (Lipinski definition) is 1. The van der Waals surface area contributed by atoms with Crippen molar-refractivity contribution in [2.24, 2.45) is 0 Å². The third-order valence-electron chi connectivity index (χ3n) is 3.74. The molecule has 0 saturated carbocycles. The standard InChI is InChI=1S/C16H13F4N/c17-13-7-3-11-4-8-14(21-15(11)9-13)10-1-5-12(6-2-10)16(18,19)20/h1-3,5-7,9,14,21H,4,8H2. The lowest BCUT2D eigenvalue weighted by Crippen LogP contribution is -2.18. The normalized spacial score (nSPS) is 18.0. The van der Waals surface area contributed by atoms with Crippen LogP contribution >= 0.6 is 0 Å². The third kappa shape index (κ3) is 2.86. The highest BCUT2D eigenvalue weighted by molar-refractivity contribution is 5.55. The zero-order chi connectivity index (χ0) is 15.0. The minimum Gasteiger partial charge on any atom is -0.378 e. The molecule has 0 fully saturated rings. The molecule has 110 valence electrons. The predicted octanol–water partition coefficient (Wildman–Crippen LogP) is 4.94. The number of anilines is 1. The Balaban J connectivity index is 1.83. The van der Waals surface area contributed by atoms with Gasteiger partial charge < -0.3 is 5.32 Å². The van der Waals surface area contributed by atoms with Crippen LogP contribution in [0.3, 0.4) is 0 Å². The predicted molar refractivity (Wildman–Crippen MR) is 72.5 cm³/mol. The number of fused-ring (bicyclic) bond motifs is 1. The number of alkyl halides is 3. The van der Waals surface area contributed by atoms with Crippen molar-refractivity contribution in [3.8, 4) is 0 Å². The highest BCUT2D eigenvalue weighted by Crippen LogP contribution is 2.35. The zero-order valence-electron chi connectivity index (χ0n) is 11.0. The van der Waals surface area contributed by atoms with Gasteiger partial charge in [0.2, 0.25) is 0 Å². The summed E-state index contributed by atoms with van der Waals surface area (Å²) in [6, 6.07) is 9.60. The van der Waals surface area contributed by atoms with E-state index in [2.05, 4.69) is 5.32 Å². The van der Waals surface area contributed by atoms with Crippen molar-refractivity contribution in [3.63, 3.8) is 0 Å². The van der Waals surface area contributed by atoms with Gasteiger partial charge in [-0.25, -0.2) is 4.39 Å². The second kappa shape index (κ2) is 5.06. The van der Waals surface area contributed by atoms with Gasteiger partial charge in [-0.1, -0.05) is 18.2 Å². The molecule has 1 aliphatic rings. The Bertz CT molecular complexity index is 646. The van der Waals surface area contributed by atoms with Crippen LogP contribution in [0, 0.1) is 5.82 Å². The summed E-state index contributed by atoms with van der Waals surface area (Å²) in [5, 5.41) is 3.19. The fraction of sp³-hybridized carbons (Fsp3) is 0.250. The van der Waals surface area contributed by atoms with Gasteiger partial charge in [-0.3, -0.25) is 0 Å². The molecule has 0 radical (unpaired) electrons. The molecule has 1 N–H and O–H groups in total. The first-order valence-corrected chi connectivity index (χ1v) is 6.65. The van der Waals surface area contributed by atoms with Gasteiger partial charge in [-0.15, -0.1) is 0 Å². The molecule has 1 atom stereocenters. The van der Waals surface area contributed by atoms with Crippen molar-refractivity contribution in [2.45, 2.75) is 25.1 Å². The van der Waals surface area contributed by atoms with Gasteiger partial charge in [0.1, 0.15) is 5.82 Å². The summed E-state index contributed by atoms with van der Waals surface area (Å²) in [6.45, 7) is 0. The second-order valence-electron chi connectivity index (χ2n) is 5.16. The molecule has 1 aliphatic heterocycles. The summed E-state index contributed by atoms with van der Waals surface area (Å²) < 4.78 is 50.9. The number of halogens is 4. The molecule has 0 bridgehead atoms. The summed E-state index contributed by atoms with van der Waals surface area (Å²) in [4.78, 5) is 0. The topological polar surface area (TPSA) is 12.0 Å². The largest absolute Gasteiger partial charge is 0.416 e. The van der Waals surface area contributed by atoms with Gasteiger partial charge in [-0.05, 0) is 48.2 Å². The minimum absolute atomic E-state index is 0.0958. The molecule has 2 aromatic carbocycles. The highest BCUT2D eigenvalue weighted by atomic mass is 19.4. The SMILES string of the molecule is Fc1ccc2c(c1)NC(c1ccc(C(F)(F)F)cc1)CC2. The molecule has 0 spiro atoms. The lowest BCUT2D eigenvalue weighted by atomic mass is 9.93. The Morgan fingerprint density at radius 2 is 1.71 bits per heavy atom. The minimum atomic E-state index is -4.33. The maximum absolute atomic E-state index is 13.2. The molecular weight excluding hydrogens is 282 g/mol. The molecule has 0 amide bonds. The van der Waals surface area contributed by atoms with Gasteiger partial charge in [0.25, 0.3) is 0 Å². The molecular formula is C16H13F4N. The van der Waals surface area contributed by atoms with Crippen molar-refractivity contribution in [3.05, 3.63) is 65.0 Å². The quantitative estimate of drug-likeness (QED) is 0.734. The van der Waals surface area contributed by atoms with E-state index in [0.717, 1.165) is 36.1 Å². The van der Waals surface area contributed by atoms with E-state index in [1.165, 1.54) is 24.3 Å². The number of nitrogens with one attached hydrogen (secondary N) is 1. The van der Waals surface area contributed by atoms with Crippen molar-refractivity contribution in [1.29, 1.82) is 0 Å². The Kier molecular flexibility index (Phi) is 3.35. The lowest BCUT2D eigenvalue weighted by Gasteiger charge is -2.27. The molecule has 0 aliphatic carbocycles. The van der Waals surface area contributed by atoms with Crippen LogP contribution in [0.25, 0.3) is 0 Å². The van der Waals surface area contributed by atoms with Crippen LogP contribution < -0.4 is 5.32 Å². The molecule has 5 heteroatoms. The van der Waals surface area contributed by atoms with Crippen LogP contribution in [0.2, 0.25) is 0 Å². The van der Waals surface area contributed by atoms with Crippen molar-refractivity contribution < 1.29 is 17.6 Å². The van der Waals surface area contributed by atoms with Crippen LogP contribution in [0.15, 0.2) is 42.5 Å². The Morgan fingerprint density at radius 3 is 2.38 bits per heavy atom. The molecule has 0 aromatic heterocycles. The van der Waals surface area contributed by atoms with Crippen molar-refractivity contribution in [2.75, 3.05) is 5.32 Å². The van der Waals surface area contributed by atoms with E-state index in [9.17, 15) is 17.6 Å². The van der Waals surface area contributed by atoms with E-state index in [1.807, 2.05) is 0 Å². The van der Waals surface area contributed by atoms with E-state index in [-0.39, 0.29) is 11.9 Å². The Morgan fingerprint density at radius 1 is 1.00 bits per heavy atom. The Hall–Kier alpha value is -2.04. The first kappa shape index (κ1) is 13.9. The van der Waals surface area contributed by atoms with E-state index in [0.29, 0.717) is 5.69 Å². The maximum Gasteiger partial charge on any atom is 0.416 e. The van der Waals surface area contributed by atoms with Gasteiger partial charge in [0.05, 0.1) is 11.6 Å². The van der Waals surface area contributed by atoms with Gasteiger partial charge in [0, 0.05) is 5.69 Å². The summed E-state index contributed by atoms with van der Waals surface area (Å²) in [5.74, 6) is -0.325. The van der Waals surface area contributed by atoms with Crippen molar-refractivity contribution in [1.82, 2.24) is 0 Å². The van der Waals surface area contributed by atoms with Crippen molar-refractivity contribution >= 4 is 5.69 Å². The molecule has 0 saturated heterocycles. The first-order valence-electron chi connectivity index (χ1n) is 6.65. The van der Waals surface area contributed by atoms with E-state index in [1.54, 1.807) is 6.07 Å². The monoisotopic (exact) mass is 295 g/mol. The average molecular weight is 295 g/mol. The van der Waals surface area contributed by atoms with Crippen LogP contribution in [-0.2, 0) is 12.6 Å².